The summed E-state index contributed by atoms with van der Waals surface area (Å²) in [6.45, 7) is 4.57. The van der Waals surface area contributed by atoms with Gasteiger partial charge < -0.3 is 0 Å². The van der Waals surface area contributed by atoms with Crippen LogP contribution in [0.5, 0.6) is 0 Å². The standard InChI is InChI=1S/C33H21BF15NSi2/c1-34(14-17(37)21(41)24(44)22(42)18(14)38)13-11(12-15(35)19(39)23(43)20(40)16(12)36)32(51(2,3)4)30-10(8-7-9-50-30)31(13)52(5,6)33-28(48)26(46)25(45)27(47)29(33)49/h7-9H,1-6H3. The van der Waals surface area contributed by atoms with E-state index in [2.05, 4.69) is 4.98 Å². The molecule has 1 nitrogen and oxygen atoms in total. The maximum Gasteiger partial charge on any atom is 0.214 e. The molecule has 0 spiro atoms. The van der Waals surface area contributed by atoms with Crippen LogP contribution in [-0.4, -0.2) is 27.8 Å². The Hall–Kier alpha value is -4.26. The molecular weight excluding hydrogens is 762 g/mol. The van der Waals surface area contributed by atoms with Gasteiger partial charge in [0.05, 0.1) is 19.2 Å². The minimum atomic E-state index is -4.86. The summed E-state index contributed by atoms with van der Waals surface area (Å²) in [6.07, 6.45) is 1.08. The number of fused-ring (bicyclic) bond motifs is 1. The Kier molecular flexibility index (Phi) is 9.74. The molecule has 52 heavy (non-hydrogen) atoms. The van der Waals surface area contributed by atoms with Crippen LogP contribution in [0.15, 0.2) is 18.3 Å². The molecule has 0 aliphatic carbocycles. The van der Waals surface area contributed by atoms with Gasteiger partial charge in [0.2, 0.25) is 18.3 Å². The molecular formula is C33H21BF15NSi2. The van der Waals surface area contributed by atoms with Gasteiger partial charge >= 0.3 is 0 Å². The van der Waals surface area contributed by atoms with Gasteiger partial charge in [0.1, 0.15) is 8.07 Å². The van der Waals surface area contributed by atoms with Crippen LogP contribution >= 0.6 is 0 Å². The normalized spacial score (nSPS) is 12.3. The number of benzene rings is 4. The summed E-state index contributed by atoms with van der Waals surface area (Å²) in [7, 11) is -8.26. The maximum atomic E-state index is 16.0. The van der Waals surface area contributed by atoms with E-state index in [4.69, 9.17) is 0 Å². The van der Waals surface area contributed by atoms with Crippen molar-refractivity contribution in [2.24, 2.45) is 0 Å². The highest BCUT2D eigenvalue weighted by Gasteiger charge is 2.46. The van der Waals surface area contributed by atoms with E-state index in [1.165, 1.54) is 25.7 Å². The molecule has 0 N–H and O–H groups in total. The number of aromatic nitrogens is 1. The molecule has 1 aromatic heterocycles. The number of halogens is 15. The number of hydrogen-bond donors (Lipinski definition) is 0. The van der Waals surface area contributed by atoms with Crippen LogP contribution in [0.25, 0.3) is 22.0 Å². The molecule has 0 radical (unpaired) electrons. The van der Waals surface area contributed by atoms with Gasteiger partial charge in [-0.25, -0.2) is 65.9 Å². The highest BCUT2D eigenvalue weighted by Crippen LogP contribution is 2.34. The summed E-state index contributed by atoms with van der Waals surface area (Å²) in [5.74, 6) is -37.7. The van der Waals surface area contributed by atoms with E-state index in [1.54, 1.807) is 0 Å². The number of hydrogen-bond acceptors (Lipinski definition) is 1. The molecule has 0 unspecified atom stereocenters. The fourth-order valence-electron chi connectivity index (χ4n) is 6.68. The predicted molar refractivity (Wildman–Crippen MR) is 170 cm³/mol. The van der Waals surface area contributed by atoms with Gasteiger partial charge in [-0.15, -0.1) is 0 Å². The van der Waals surface area contributed by atoms with E-state index in [-0.39, 0.29) is 16.1 Å². The van der Waals surface area contributed by atoms with Crippen molar-refractivity contribution in [1.29, 1.82) is 0 Å². The fourth-order valence-corrected chi connectivity index (χ4v) is 12.1. The molecule has 5 aromatic rings. The molecule has 274 valence electrons. The van der Waals surface area contributed by atoms with Crippen molar-refractivity contribution in [1.82, 2.24) is 4.98 Å². The SMILES string of the molecule is CB(c1c(F)c(F)c(F)c(F)c1F)c1c(-c2c(F)c(F)c(F)c(F)c2F)c([Si](C)(C)C)c2ncccc2c1[Si](C)(C)c1c(F)c(F)c(F)c(F)c1F. The van der Waals surface area contributed by atoms with Crippen LogP contribution in [0.2, 0.25) is 39.6 Å². The molecule has 19 heteroatoms. The van der Waals surface area contributed by atoms with Gasteiger partial charge in [0.15, 0.2) is 75.6 Å². The largest absolute Gasteiger partial charge is 0.256 e. The van der Waals surface area contributed by atoms with Crippen LogP contribution in [0, 0.1) is 87.3 Å². The quantitative estimate of drug-likeness (QED) is 0.0750. The first-order valence-corrected chi connectivity index (χ1v) is 21.4. The molecule has 4 aromatic carbocycles. The van der Waals surface area contributed by atoms with Gasteiger partial charge in [0.25, 0.3) is 0 Å². The second-order valence-corrected chi connectivity index (χ2v) is 22.7. The summed E-state index contributed by atoms with van der Waals surface area (Å²) in [6, 6.07) is 2.31. The van der Waals surface area contributed by atoms with Crippen LogP contribution < -0.4 is 26.5 Å². The minimum absolute atomic E-state index is 0.307. The molecule has 0 atom stereocenters. The first-order valence-electron chi connectivity index (χ1n) is 14.9. The number of nitrogens with zero attached hydrogens (tertiary/aromatic N) is 1. The zero-order chi connectivity index (χ0) is 39.3. The van der Waals surface area contributed by atoms with Crippen molar-refractivity contribution in [2.75, 3.05) is 0 Å². The monoisotopic (exact) mass is 783 g/mol. The Labute approximate surface area is 287 Å². The summed E-state index contributed by atoms with van der Waals surface area (Å²) >= 11 is 0. The Balaban J connectivity index is 2.24. The Morgan fingerprint density at radius 2 is 0.827 bits per heavy atom. The van der Waals surface area contributed by atoms with E-state index in [0.29, 0.717) is 6.82 Å². The maximum absolute atomic E-state index is 16.0. The topological polar surface area (TPSA) is 12.9 Å². The molecule has 0 saturated heterocycles. The van der Waals surface area contributed by atoms with Crippen molar-refractivity contribution in [3.8, 4) is 11.1 Å². The van der Waals surface area contributed by atoms with Gasteiger partial charge in [-0.1, -0.05) is 51.1 Å². The minimum Gasteiger partial charge on any atom is -0.256 e. The Morgan fingerprint density at radius 1 is 0.442 bits per heavy atom. The lowest BCUT2D eigenvalue weighted by Gasteiger charge is -2.36. The second kappa shape index (κ2) is 13.0. The van der Waals surface area contributed by atoms with Crippen molar-refractivity contribution < 1.29 is 65.9 Å². The molecule has 0 aliphatic heterocycles. The van der Waals surface area contributed by atoms with Crippen LogP contribution in [0.4, 0.5) is 65.9 Å². The summed E-state index contributed by atoms with van der Waals surface area (Å²) in [4.78, 5) is 4.20. The first-order chi connectivity index (χ1) is 23.9. The van der Waals surface area contributed by atoms with E-state index >= 15 is 26.3 Å². The number of pyridine rings is 1. The Bertz CT molecular complexity index is 2270. The highest BCUT2D eigenvalue weighted by molar-refractivity contribution is 7.07. The van der Waals surface area contributed by atoms with E-state index in [9.17, 15) is 39.5 Å². The highest BCUT2D eigenvalue weighted by atomic mass is 28.3. The average molecular weight is 783 g/mol. The van der Waals surface area contributed by atoms with E-state index < -0.39 is 143 Å². The van der Waals surface area contributed by atoms with Crippen LogP contribution in [-0.2, 0) is 0 Å². The molecule has 1 heterocycles. The van der Waals surface area contributed by atoms with Crippen molar-refractivity contribution in [3.63, 3.8) is 0 Å². The zero-order valence-corrected chi connectivity index (χ0v) is 29.4. The predicted octanol–water partition coefficient (Wildman–Crippen LogP) is 7.59. The lowest BCUT2D eigenvalue weighted by molar-refractivity contribution is 0.381. The fraction of sp³-hybridized carbons (Fsp3) is 0.182. The van der Waals surface area contributed by atoms with Gasteiger partial charge in [-0.3, -0.25) is 4.98 Å². The summed E-state index contributed by atoms with van der Waals surface area (Å²) in [5.41, 5.74) is -5.88. The van der Waals surface area contributed by atoms with Gasteiger partial charge in [-0.05, 0) is 27.4 Å². The average Bonchev–Trinajstić information content (AvgIpc) is 3.08. The van der Waals surface area contributed by atoms with Crippen molar-refractivity contribution in [3.05, 3.63) is 106 Å². The third-order valence-electron chi connectivity index (χ3n) is 8.88. The molecule has 5 rings (SSSR count). The molecule has 0 bridgehead atoms. The van der Waals surface area contributed by atoms with Crippen LogP contribution in [0.1, 0.15) is 0 Å². The molecule has 0 fully saturated rings. The summed E-state index contributed by atoms with van der Waals surface area (Å²) < 4.78 is 226. The number of rotatable bonds is 6. The molecule has 0 saturated carbocycles. The van der Waals surface area contributed by atoms with E-state index in [1.807, 2.05) is 0 Å². The zero-order valence-electron chi connectivity index (χ0n) is 27.4. The Morgan fingerprint density at radius 3 is 1.25 bits per heavy atom. The third-order valence-corrected chi connectivity index (χ3v) is 14.3. The van der Waals surface area contributed by atoms with Crippen LogP contribution in [0.3, 0.4) is 0 Å². The second-order valence-electron chi connectivity index (χ2n) is 13.4. The third kappa shape index (κ3) is 5.52. The van der Waals surface area contributed by atoms with E-state index in [0.717, 1.165) is 25.4 Å². The first kappa shape index (κ1) is 39.0. The lowest BCUT2D eigenvalue weighted by Crippen LogP contribution is -2.67. The summed E-state index contributed by atoms with van der Waals surface area (Å²) in [5, 5.41) is -2.83. The van der Waals surface area contributed by atoms with Crippen molar-refractivity contribution >= 4 is 60.2 Å². The van der Waals surface area contributed by atoms with Crippen molar-refractivity contribution in [2.45, 2.75) is 39.6 Å². The lowest BCUT2D eigenvalue weighted by atomic mass is 9.41. The van der Waals surface area contributed by atoms with Gasteiger partial charge in [-0.2, -0.15) is 0 Å². The molecule has 0 amide bonds. The molecule has 0 aliphatic rings. The smallest absolute Gasteiger partial charge is 0.214 e. The van der Waals surface area contributed by atoms with Gasteiger partial charge in [0, 0.05) is 16.8 Å².